The van der Waals surface area contributed by atoms with Crippen LogP contribution in [0.25, 0.3) is 0 Å². The summed E-state index contributed by atoms with van der Waals surface area (Å²) >= 11 is 0. The molecule has 19 heavy (non-hydrogen) atoms. The molecule has 0 unspecified atom stereocenters. The van der Waals surface area contributed by atoms with E-state index < -0.39 is 4.92 Å². The molecule has 0 radical (unpaired) electrons. The van der Waals surface area contributed by atoms with Crippen LogP contribution in [0.5, 0.6) is 5.75 Å². The maximum atomic E-state index is 10.6. The zero-order chi connectivity index (χ0) is 13.7. The molecule has 6 heteroatoms. The molecule has 0 aliphatic heterocycles. The lowest BCUT2D eigenvalue weighted by atomic mass is 10.2. The number of hydrogen-bond acceptors (Lipinski definition) is 5. The molecule has 1 heterocycles. The summed E-state index contributed by atoms with van der Waals surface area (Å²) < 4.78 is 5.07. The first kappa shape index (κ1) is 12.8. The maximum absolute atomic E-state index is 10.6. The molecule has 1 N–H and O–H groups in total. The fourth-order valence-electron chi connectivity index (χ4n) is 1.57. The molecule has 0 atom stereocenters. The van der Waals surface area contributed by atoms with Crippen LogP contribution in [0.15, 0.2) is 42.6 Å². The lowest BCUT2D eigenvalue weighted by Gasteiger charge is -2.06. The molecule has 0 aliphatic carbocycles. The molecule has 0 saturated heterocycles. The highest BCUT2D eigenvalue weighted by molar-refractivity contribution is 5.44. The third-order valence-electron chi connectivity index (χ3n) is 2.59. The normalized spacial score (nSPS) is 9.95. The number of anilines is 1. The smallest absolute Gasteiger partial charge is 0.274 e. The van der Waals surface area contributed by atoms with Crippen molar-refractivity contribution in [2.45, 2.75) is 6.54 Å². The Morgan fingerprint density at radius 1 is 1.32 bits per heavy atom. The van der Waals surface area contributed by atoms with Crippen molar-refractivity contribution in [1.29, 1.82) is 0 Å². The van der Waals surface area contributed by atoms with Gasteiger partial charge in [0, 0.05) is 18.8 Å². The molecular formula is C13H13N3O3. The first-order chi connectivity index (χ1) is 9.19. The molecule has 1 aromatic heterocycles. The van der Waals surface area contributed by atoms with Crippen LogP contribution in [0.2, 0.25) is 0 Å². The van der Waals surface area contributed by atoms with Crippen LogP contribution in [-0.4, -0.2) is 17.0 Å². The fourth-order valence-corrected chi connectivity index (χ4v) is 1.57. The van der Waals surface area contributed by atoms with Gasteiger partial charge in [-0.3, -0.25) is 10.1 Å². The van der Waals surface area contributed by atoms with E-state index in [4.69, 9.17) is 4.74 Å². The Labute approximate surface area is 110 Å². The monoisotopic (exact) mass is 259 g/mol. The number of nitro groups is 1. The zero-order valence-electron chi connectivity index (χ0n) is 10.4. The number of nitrogens with zero attached hydrogens (tertiary/aromatic N) is 2. The molecule has 0 saturated carbocycles. The topological polar surface area (TPSA) is 77.3 Å². The number of ether oxygens (including phenoxy) is 1. The summed E-state index contributed by atoms with van der Waals surface area (Å²) in [6, 6.07) is 10.3. The molecule has 2 aromatic rings. The van der Waals surface area contributed by atoms with Crippen LogP contribution in [0, 0.1) is 10.1 Å². The van der Waals surface area contributed by atoms with E-state index >= 15 is 0 Å². The molecule has 0 fully saturated rings. The summed E-state index contributed by atoms with van der Waals surface area (Å²) in [6.45, 7) is 0.540. The van der Waals surface area contributed by atoms with Crippen LogP contribution in [0.1, 0.15) is 5.56 Å². The average molecular weight is 259 g/mol. The predicted molar refractivity (Wildman–Crippen MR) is 71.2 cm³/mol. The van der Waals surface area contributed by atoms with E-state index in [0.717, 1.165) is 11.3 Å². The molecule has 1 aromatic carbocycles. The Morgan fingerprint density at radius 2 is 2.05 bits per heavy atom. The summed E-state index contributed by atoms with van der Waals surface area (Å²) in [4.78, 5) is 14.2. The second-order valence-electron chi connectivity index (χ2n) is 3.86. The van der Waals surface area contributed by atoms with Crippen molar-refractivity contribution in [3.63, 3.8) is 0 Å². The van der Waals surface area contributed by atoms with Gasteiger partial charge in [0.05, 0.1) is 18.1 Å². The van der Waals surface area contributed by atoms with E-state index in [9.17, 15) is 10.1 Å². The quantitative estimate of drug-likeness (QED) is 0.659. The first-order valence-electron chi connectivity index (χ1n) is 5.66. The van der Waals surface area contributed by atoms with Gasteiger partial charge in [0.1, 0.15) is 11.6 Å². The minimum Gasteiger partial charge on any atom is -0.497 e. The predicted octanol–water partition coefficient (Wildman–Crippen LogP) is 2.61. The molecule has 6 nitrogen and oxygen atoms in total. The summed E-state index contributed by atoms with van der Waals surface area (Å²) in [7, 11) is 1.61. The number of nitrogens with one attached hydrogen (secondary N) is 1. The van der Waals surface area contributed by atoms with Crippen LogP contribution >= 0.6 is 0 Å². The number of methoxy groups -OCH3 is 1. The minimum absolute atomic E-state index is 0.0206. The van der Waals surface area contributed by atoms with Gasteiger partial charge in [0.25, 0.3) is 5.69 Å². The first-order valence-corrected chi connectivity index (χ1v) is 5.66. The number of pyridine rings is 1. The standard InChI is InChI=1S/C13H13N3O3/c1-19-12-4-2-10(3-5-12)9-15-13-8-11(16(17)18)6-7-14-13/h2-8H,9H2,1H3,(H,14,15). The molecular weight excluding hydrogens is 246 g/mol. The Hall–Kier alpha value is -2.63. The average Bonchev–Trinajstić information content (AvgIpc) is 2.46. The van der Waals surface area contributed by atoms with Crippen LogP contribution < -0.4 is 10.1 Å². The Bertz CT molecular complexity index is 570. The number of hydrogen-bond donors (Lipinski definition) is 1. The van der Waals surface area contributed by atoms with Gasteiger partial charge < -0.3 is 10.1 Å². The number of benzene rings is 1. The largest absolute Gasteiger partial charge is 0.497 e. The van der Waals surface area contributed by atoms with Crippen molar-refractivity contribution in [2.24, 2.45) is 0 Å². The van der Waals surface area contributed by atoms with Gasteiger partial charge in [-0.05, 0) is 17.7 Å². The maximum Gasteiger partial charge on any atom is 0.274 e. The van der Waals surface area contributed by atoms with E-state index in [1.807, 2.05) is 24.3 Å². The van der Waals surface area contributed by atoms with Crippen LogP contribution in [0.4, 0.5) is 11.5 Å². The highest BCUT2D eigenvalue weighted by Crippen LogP contribution is 2.16. The van der Waals surface area contributed by atoms with Gasteiger partial charge in [0.15, 0.2) is 0 Å². The summed E-state index contributed by atoms with van der Waals surface area (Å²) in [5.74, 6) is 1.27. The van der Waals surface area contributed by atoms with Crippen LogP contribution in [0.3, 0.4) is 0 Å². The van der Waals surface area contributed by atoms with Crippen molar-refractivity contribution in [2.75, 3.05) is 12.4 Å². The molecule has 0 aliphatic rings. The third kappa shape index (κ3) is 3.41. The highest BCUT2D eigenvalue weighted by Gasteiger charge is 2.06. The van der Waals surface area contributed by atoms with Crippen LogP contribution in [-0.2, 0) is 6.54 Å². The SMILES string of the molecule is COc1ccc(CNc2cc([N+](=O)[O-])ccn2)cc1. The van der Waals surface area contributed by atoms with Gasteiger partial charge >= 0.3 is 0 Å². The lowest BCUT2D eigenvalue weighted by molar-refractivity contribution is -0.384. The summed E-state index contributed by atoms with van der Waals surface area (Å²) in [6.07, 6.45) is 1.41. The van der Waals surface area contributed by atoms with Crippen molar-refractivity contribution >= 4 is 11.5 Å². The van der Waals surface area contributed by atoms with Crippen molar-refractivity contribution in [1.82, 2.24) is 4.98 Å². The van der Waals surface area contributed by atoms with Crippen molar-refractivity contribution in [3.8, 4) is 5.75 Å². The van der Waals surface area contributed by atoms with E-state index in [1.54, 1.807) is 7.11 Å². The van der Waals surface area contributed by atoms with E-state index in [0.29, 0.717) is 12.4 Å². The molecule has 0 bridgehead atoms. The zero-order valence-corrected chi connectivity index (χ0v) is 10.4. The number of aromatic nitrogens is 1. The van der Waals surface area contributed by atoms with Gasteiger partial charge in [-0.2, -0.15) is 0 Å². The minimum atomic E-state index is -0.444. The van der Waals surface area contributed by atoms with E-state index in [2.05, 4.69) is 10.3 Å². The molecule has 0 spiro atoms. The summed E-state index contributed by atoms with van der Waals surface area (Å²) in [5, 5.41) is 13.7. The van der Waals surface area contributed by atoms with Crippen molar-refractivity contribution < 1.29 is 9.66 Å². The van der Waals surface area contributed by atoms with E-state index in [1.165, 1.54) is 18.3 Å². The second kappa shape index (κ2) is 5.81. The Morgan fingerprint density at radius 3 is 2.68 bits per heavy atom. The summed E-state index contributed by atoms with van der Waals surface area (Å²) in [5.41, 5.74) is 1.06. The molecule has 2 rings (SSSR count). The fraction of sp³-hybridized carbons (Fsp3) is 0.154. The highest BCUT2D eigenvalue weighted by atomic mass is 16.6. The third-order valence-corrected chi connectivity index (χ3v) is 2.59. The Balaban J connectivity index is 2.01. The van der Waals surface area contributed by atoms with Gasteiger partial charge in [-0.1, -0.05) is 12.1 Å². The van der Waals surface area contributed by atoms with Crippen molar-refractivity contribution in [3.05, 3.63) is 58.3 Å². The second-order valence-corrected chi connectivity index (χ2v) is 3.86. The molecule has 0 amide bonds. The van der Waals surface area contributed by atoms with E-state index in [-0.39, 0.29) is 5.69 Å². The molecule has 98 valence electrons. The Kier molecular flexibility index (Phi) is 3.92. The lowest BCUT2D eigenvalue weighted by Crippen LogP contribution is -2.01. The number of rotatable bonds is 5. The van der Waals surface area contributed by atoms with Gasteiger partial charge in [0.2, 0.25) is 0 Å². The van der Waals surface area contributed by atoms with Gasteiger partial charge in [-0.15, -0.1) is 0 Å². The van der Waals surface area contributed by atoms with Gasteiger partial charge in [-0.25, -0.2) is 4.98 Å².